The van der Waals surface area contributed by atoms with Gasteiger partial charge in [-0.15, -0.1) is 0 Å². The minimum atomic E-state index is 0.674. The van der Waals surface area contributed by atoms with Gasteiger partial charge in [0, 0.05) is 24.8 Å². The minimum absolute atomic E-state index is 0.674. The second kappa shape index (κ2) is 6.00. The van der Waals surface area contributed by atoms with Crippen molar-refractivity contribution >= 4 is 11.8 Å². The maximum atomic E-state index is 4.41. The van der Waals surface area contributed by atoms with Gasteiger partial charge in [-0.1, -0.05) is 30.3 Å². The number of aryl methyl sites for hydroxylation is 1. The molecule has 1 aromatic carbocycles. The van der Waals surface area contributed by atoms with E-state index in [4.69, 9.17) is 0 Å². The summed E-state index contributed by atoms with van der Waals surface area (Å²) in [6.45, 7) is 5.59. The van der Waals surface area contributed by atoms with Crippen LogP contribution in [0.1, 0.15) is 18.2 Å². The van der Waals surface area contributed by atoms with Gasteiger partial charge in [-0.25, -0.2) is 4.98 Å². The second-order valence-corrected chi connectivity index (χ2v) is 4.09. The minimum Gasteiger partial charge on any atom is -0.366 e. The lowest BCUT2D eigenvalue weighted by Crippen LogP contribution is -2.07. The molecule has 0 aliphatic carbocycles. The molecule has 1 aromatic heterocycles. The highest BCUT2D eigenvalue weighted by atomic mass is 15.1. The zero-order valence-electron chi connectivity index (χ0n) is 10.8. The normalized spacial score (nSPS) is 10.1. The quantitative estimate of drug-likeness (QED) is 0.846. The van der Waals surface area contributed by atoms with Crippen molar-refractivity contribution in [3.05, 3.63) is 47.7 Å². The Morgan fingerprint density at radius 2 is 1.83 bits per heavy atom. The van der Waals surface area contributed by atoms with Crippen LogP contribution in [0.2, 0.25) is 0 Å². The Morgan fingerprint density at radius 3 is 2.56 bits per heavy atom. The number of hydrogen-bond acceptors (Lipinski definition) is 4. The van der Waals surface area contributed by atoms with Crippen LogP contribution < -0.4 is 10.6 Å². The molecule has 4 heteroatoms. The van der Waals surface area contributed by atoms with Crippen LogP contribution in [-0.4, -0.2) is 16.5 Å². The van der Waals surface area contributed by atoms with E-state index >= 15 is 0 Å². The molecule has 18 heavy (non-hydrogen) atoms. The fourth-order valence-electron chi connectivity index (χ4n) is 1.68. The van der Waals surface area contributed by atoms with E-state index in [0.29, 0.717) is 5.95 Å². The van der Waals surface area contributed by atoms with Crippen LogP contribution in [-0.2, 0) is 6.54 Å². The number of anilines is 2. The van der Waals surface area contributed by atoms with Crippen LogP contribution in [0.15, 0.2) is 36.4 Å². The third-order valence-electron chi connectivity index (χ3n) is 2.51. The summed E-state index contributed by atoms with van der Waals surface area (Å²) in [5.41, 5.74) is 2.19. The summed E-state index contributed by atoms with van der Waals surface area (Å²) in [4.78, 5) is 8.72. The van der Waals surface area contributed by atoms with Crippen LogP contribution in [0.3, 0.4) is 0 Å². The third kappa shape index (κ3) is 3.45. The molecule has 4 nitrogen and oxygen atoms in total. The van der Waals surface area contributed by atoms with E-state index < -0.39 is 0 Å². The monoisotopic (exact) mass is 242 g/mol. The average molecular weight is 242 g/mol. The number of hydrogen-bond donors (Lipinski definition) is 2. The first-order chi connectivity index (χ1) is 8.78. The van der Waals surface area contributed by atoms with Crippen LogP contribution in [0.4, 0.5) is 11.8 Å². The van der Waals surface area contributed by atoms with Crippen LogP contribution >= 0.6 is 0 Å². The molecule has 0 bridgehead atoms. The number of aromatic nitrogens is 2. The lowest BCUT2D eigenvalue weighted by molar-refractivity contribution is 1.03. The predicted molar refractivity (Wildman–Crippen MR) is 74.7 cm³/mol. The van der Waals surface area contributed by atoms with E-state index in [1.54, 1.807) is 0 Å². The summed E-state index contributed by atoms with van der Waals surface area (Å²) in [7, 11) is 0. The molecule has 0 unspecified atom stereocenters. The Labute approximate surface area is 107 Å². The molecule has 0 saturated carbocycles. The molecular formula is C14H18N4. The van der Waals surface area contributed by atoms with Gasteiger partial charge < -0.3 is 10.6 Å². The molecule has 2 N–H and O–H groups in total. The smallest absolute Gasteiger partial charge is 0.224 e. The molecule has 1 heterocycles. The standard InChI is InChI=1S/C14H18N4/c1-3-15-14-17-11(2)9-13(18-14)16-10-12-7-5-4-6-8-12/h4-9H,3,10H2,1-2H3,(H2,15,16,17,18). The van der Waals surface area contributed by atoms with E-state index in [2.05, 4.69) is 32.7 Å². The van der Waals surface area contributed by atoms with Crippen molar-refractivity contribution in [1.29, 1.82) is 0 Å². The summed E-state index contributed by atoms with van der Waals surface area (Å²) in [5.74, 6) is 1.52. The molecule has 0 saturated heterocycles. The molecule has 94 valence electrons. The number of rotatable bonds is 5. The lowest BCUT2D eigenvalue weighted by atomic mass is 10.2. The first kappa shape index (κ1) is 12.4. The van der Waals surface area contributed by atoms with Gasteiger partial charge in [0.25, 0.3) is 0 Å². The molecule has 0 radical (unpaired) electrons. The van der Waals surface area contributed by atoms with Gasteiger partial charge in [-0.2, -0.15) is 4.98 Å². The molecular weight excluding hydrogens is 224 g/mol. The first-order valence-corrected chi connectivity index (χ1v) is 6.15. The summed E-state index contributed by atoms with van der Waals surface area (Å²) in [6.07, 6.45) is 0. The van der Waals surface area contributed by atoms with Crippen LogP contribution in [0.5, 0.6) is 0 Å². The topological polar surface area (TPSA) is 49.8 Å². The Balaban J connectivity index is 2.05. The van der Waals surface area contributed by atoms with Gasteiger partial charge >= 0.3 is 0 Å². The maximum absolute atomic E-state index is 4.41. The van der Waals surface area contributed by atoms with Gasteiger partial charge in [0.1, 0.15) is 5.82 Å². The largest absolute Gasteiger partial charge is 0.366 e. The SMILES string of the molecule is CCNc1nc(C)cc(NCc2ccccc2)n1. The molecule has 0 aliphatic rings. The summed E-state index contributed by atoms with van der Waals surface area (Å²) in [5, 5.41) is 6.43. The predicted octanol–water partition coefficient (Wildman–Crippen LogP) is 2.83. The lowest BCUT2D eigenvalue weighted by Gasteiger charge is -2.09. The van der Waals surface area contributed by atoms with Crippen molar-refractivity contribution in [2.24, 2.45) is 0 Å². The van der Waals surface area contributed by atoms with Crippen molar-refractivity contribution in [2.45, 2.75) is 20.4 Å². The van der Waals surface area contributed by atoms with Crippen molar-refractivity contribution in [2.75, 3.05) is 17.2 Å². The van der Waals surface area contributed by atoms with Crippen molar-refractivity contribution < 1.29 is 0 Å². The van der Waals surface area contributed by atoms with Gasteiger partial charge in [0.2, 0.25) is 5.95 Å². The highest BCUT2D eigenvalue weighted by Gasteiger charge is 2.01. The first-order valence-electron chi connectivity index (χ1n) is 6.15. The number of nitrogens with one attached hydrogen (secondary N) is 2. The fourth-order valence-corrected chi connectivity index (χ4v) is 1.68. The Bertz CT molecular complexity index is 496. The van der Waals surface area contributed by atoms with Crippen LogP contribution in [0, 0.1) is 6.92 Å². The number of nitrogens with zero attached hydrogens (tertiary/aromatic N) is 2. The van der Waals surface area contributed by atoms with Gasteiger partial charge in [-0.3, -0.25) is 0 Å². The molecule has 0 atom stereocenters. The van der Waals surface area contributed by atoms with Crippen molar-refractivity contribution in [1.82, 2.24) is 9.97 Å². The molecule has 2 rings (SSSR count). The summed E-state index contributed by atoms with van der Waals surface area (Å²) < 4.78 is 0. The van der Waals surface area contributed by atoms with E-state index in [-0.39, 0.29) is 0 Å². The van der Waals surface area contributed by atoms with Gasteiger partial charge in [0.05, 0.1) is 0 Å². The zero-order valence-corrected chi connectivity index (χ0v) is 10.8. The Morgan fingerprint density at radius 1 is 1.06 bits per heavy atom. The Kier molecular flexibility index (Phi) is 4.12. The van der Waals surface area contributed by atoms with E-state index in [0.717, 1.165) is 24.6 Å². The van der Waals surface area contributed by atoms with Gasteiger partial charge in [-0.05, 0) is 19.4 Å². The summed E-state index contributed by atoms with van der Waals surface area (Å²) >= 11 is 0. The molecule has 0 aliphatic heterocycles. The average Bonchev–Trinajstić information content (AvgIpc) is 2.37. The van der Waals surface area contributed by atoms with E-state index in [9.17, 15) is 0 Å². The van der Waals surface area contributed by atoms with Crippen molar-refractivity contribution in [3.8, 4) is 0 Å². The number of benzene rings is 1. The second-order valence-electron chi connectivity index (χ2n) is 4.09. The molecule has 2 aromatic rings. The summed E-state index contributed by atoms with van der Waals surface area (Å²) in [6, 6.07) is 12.2. The molecule has 0 fully saturated rings. The fraction of sp³-hybridized carbons (Fsp3) is 0.286. The van der Waals surface area contributed by atoms with E-state index in [1.807, 2.05) is 38.1 Å². The van der Waals surface area contributed by atoms with Crippen LogP contribution in [0.25, 0.3) is 0 Å². The zero-order chi connectivity index (χ0) is 12.8. The van der Waals surface area contributed by atoms with E-state index in [1.165, 1.54) is 5.56 Å². The maximum Gasteiger partial charge on any atom is 0.224 e. The third-order valence-corrected chi connectivity index (χ3v) is 2.51. The highest BCUT2D eigenvalue weighted by molar-refractivity contribution is 5.42. The Hall–Kier alpha value is -2.10. The highest BCUT2D eigenvalue weighted by Crippen LogP contribution is 2.11. The van der Waals surface area contributed by atoms with Gasteiger partial charge in [0.15, 0.2) is 0 Å². The van der Waals surface area contributed by atoms with Crippen molar-refractivity contribution in [3.63, 3.8) is 0 Å². The molecule has 0 amide bonds. The molecule has 0 spiro atoms.